The second kappa shape index (κ2) is 10.5. The summed E-state index contributed by atoms with van der Waals surface area (Å²) >= 11 is 0. The van der Waals surface area contributed by atoms with Crippen LogP contribution >= 0.6 is 0 Å². The Hall–Kier alpha value is -3.74. The number of carbonyl (C=O) groups is 1. The van der Waals surface area contributed by atoms with Crippen LogP contribution in [0, 0.1) is 13.8 Å². The topological polar surface area (TPSA) is 60.9 Å². The summed E-state index contributed by atoms with van der Waals surface area (Å²) in [5.41, 5.74) is 9.10. The quantitative estimate of drug-likeness (QED) is 0.534. The predicted octanol–water partition coefficient (Wildman–Crippen LogP) is 4.85. The van der Waals surface area contributed by atoms with Crippen molar-refractivity contribution in [3.05, 3.63) is 77.6 Å². The number of hydrogen-bond acceptors (Lipinski definition) is 5. The summed E-state index contributed by atoms with van der Waals surface area (Å²) in [6.45, 7) is 8.93. The number of urea groups is 1. The van der Waals surface area contributed by atoms with Gasteiger partial charge in [-0.15, -0.1) is 0 Å². The average molecular weight is 460 g/mol. The molecule has 0 aliphatic carbocycles. The fourth-order valence-corrected chi connectivity index (χ4v) is 4.32. The largest absolute Gasteiger partial charge is 0.497 e. The summed E-state index contributed by atoms with van der Waals surface area (Å²) in [6.07, 6.45) is 0.884. The standard InChI is InChI=1S/C27H33N5O2/c1-5-22-18-26(21(3)28-20(22)2)32(23-10-7-6-8-11-23)29-27(33)31-16-14-30(15-17-31)24-12-9-13-25(19-24)34-4/h6-13,18-19H,5,14-17H2,1-4H3,(H,29,33). The molecular weight excluding hydrogens is 426 g/mol. The maximum Gasteiger partial charge on any atom is 0.336 e. The first-order chi connectivity index (χ1) is 16.5. The Kier molecular flexibility index (Phi) is 7.21. The molecule has 178 valence electrons. The molecule has 0 bridgehead atoms. The molecule has 2 amide bonds. The van der Waals surface area contributed by atoms with Gasteiger partial charge < -0.3 is 14.5 Å². The molecule has 0 radical (unpaired) electrons. The van der Waals surface area contributed by atoms with Gasteiger partial charge >= 0.3 is 6.03 Å². The lowest BCUT2D eigenvalue weighted by atomic mass is 10.1. The zero-order valence-electron chi connectivity index (χ0n) is 20.4. The third-order valence-electron chi connectivity index (χ3n) is 6.31. The minimum atomic E-state index is -0.118. The number of anilines is 3. The third-order valence-corrected chi connectivity index (χ3v) is 6.31. The number of hydrogen-bond donors (Lipinski definition) is 1. The zero-order valence-corrected chi connectivity index (χ0v) is 20.4. The molecule has 1 aromatic heterocycles. The van der Waals surface area contributed by atoms with E-state index in [1.807, 2.05) is 72.3 Å². The predicted molar refractivity (Wildman–Crippen MR) is 137 cm³/mol. The van der Waals surface area contributed by atoms with E-state index in [-0.39, 0.29) is 6.03 Å². The van der Waals surface area contributed by atoms with Gasteiger partial charge in [0.1, 0.15) is 5.75 Å². The summed E-state index contributed by atoms with van der Waals surface area (Å²) in [5, 5.41) is 1.86. The number of benzene rings is 2. The molecule has 0 unspecified atom stereocenters. The van der Waals surface area contributed by atoms with Crippen molar-refractivity contribution in [2.75, 3.05) is 43.2 Å². The number of nitrogens with zero attached hydrogens (tertiary/aromatic N) is 4. The number of hydrazine groups is 1. The van der Waals surface area contributed by atoms with E-state index in [9.17, 15) is 4.79 Å². The van der Waals surface area contributed by atoms with E-state index < -0.39 is 0 Å². The van der Waals surface area contributed by atoms with Crippen LogP contribution in [-0.2, 0) is 6.42 Å². The van der Waals surface area contributed by atoms with Crippen molar-refractivity contribution in [1.29, 1.82) is 0 Å². The molecule has 1 N–H and O–H groups in total. The summed E-state index contributed by atoms with van der Waals surface area (Å²) in [7, 11) is 1.68. The molecule has 3 aromatic rings. The molecule has 7 heteroatoms. The monoisotopic (exact) mass is 459 g/mol. The Labute approximate surface area is 201 Å². The number of para-hydroxylation sites is 1. The Morgan fingerprint density at radius 2 is 1.74 bits per heavy atom. The lowest BCUT2D eigenvalue weighted by Crippen LogP contribution is -2.54. The maximum atomic E-state index is 13.3. The SMILES string of the molecule is CCc1cc(N(NC(=O)N2CCN(c3cccc(OC)c3)CC2)c2ccccc2)c(C)nc1C. The molecule has 1 aliphatic heterocycles. The van der Waals surface area contributed by atoms with Crippen LogP contribution in [0.5, 0.6) is 5.75 Å². The van der Waals surface area contributed by atoms with Gasteiger partial charge in [0, 0.05) is 43.6 Å². The van der Waals surface area contributed by atoms with Crippen LogP contribution in [0.25, 0.3) is 0 Å². The van der Waals surface area contributed by atoms with E-state index in [2.05, 4.69) is 29.4 Å². The summed E-state index contributed by atoms with van der Waals surface area (Å²) in [4.78, 5) is 22.2. The maximum absolute atomic E-state index is 13.3. The minimum absolute atomic E-state index is 0.118. The van der Waals surface area contributed by atoms with Gasteiger partial charge in [-0.1, -0.05) is 31.2 Å². The number of nitrogens with one attached hydrogen (secondary N) is 1. The first-order valence-electron chi connectivity index (χ1n) is 11.8. The molecule has 2 aromatic carbocycles. The molecule has 7 nitrogen and oxygen atoms in total. The van der Waals surface area contributed by atoms with Crippen molar-refractivity contribution in [2.45, 2.75) is 27.2 Å². The van der Waals surface area contributed by atoms with Gasteiger partial charge in [-0.25, -0.2) is 10.2 Å². The van der Waals surface area contributed by atoms with Crippen LogP contribution in [0.2, 0.25) is 0 Å². The fourth-order valence-electron chi connectivity index (χ4n) is 4.32. The Balaban J connectivity index is 1.51. The van der Waals surface area contributed by atoms with Crippen LogP contribution in [0.15, 0.2) is 60.7 Å². The Morgan fingerprint density at radius 1 is 1.00 bits per heavy atom. The molecule has 0 spiro atoms. The lowest BCUT2D eigenvalue weighted by molar-refractivity contribution is 0.194. The van der Waals surface area contributed by atoms with E-state index in [1.54, 1.807) is 7.11 Å². The molecule has 34 heavy (non-hydrogen) atoms. The highest BCUT2D eigenvalue weighted by Crippen LogP contribution is 2.28. The van der Waals surface area contributed by atoms with Gasteiger partial charge in [-0.05, 0) is 56.2 Å². The van der Waals surface area contributed by atoms with Crippen molar-refractivity contribution >= 4 is 23.1 Å². The molecule has 2 heterocycles. The second-order valence-corrected chi connectivity index (χ2v) is 8.45. The third kappa shape index (κ3) is 5.09. The van der Waals surface area contributed by atoms with Crippen molar-refractivity contribution in [3.63, 3.8) is 0 Å². The lowest BCUT2D eigenvalue weighted by Gasteiger charge is -2.37. The number of amides is 2. The van der Waals surface area contributed by atoms with E-state index in [0.717, 1.165) is 53.7 Å². The van der Waals surface area contributed by atoms with Gasteiger partial charge in [0.15, 0.2) is 0 Å². The summed E-state index contributed by atoms with van der Waals surface area (Å²) in [6, 6.07) is 20.0. The normalized spacial score (nSPS) is 13.5. The minimum Gasteiger partial charge on any atom is -0.497 e. The van der Waals surface area contributed by atoms with Crippen molar-refractivity contribution < 1.29 is 9.53 Å². The fraction of sp³-hybridized carbons (Fsp3) is 0.333. The highest BCUT2D eigenvalue weighted by molar-refractivity contribution is 5.80. The smallest absolute Gasteiger partial charge is 0.336 e. The van der Waals surface area contributed by atoms with E-state index >= 15 is 0 Å². The zero-order chi connectivity index (χ0) is 24.1. The number of pyridine rings is 1. The van der Waals surface area contributed by atoms with Crippen LogP contribution < -0.4 is 20.1 Å². The van der Waals surface area contributed by atoms with Crippen molar-refractivity contribution in [1.82, 2.24) is 15.3 Å². The highest BCUT2D eigenvalue weighted by atomic mass is 16.5. The van der Waals surface area contributed by atoms with Gasteiger partial charge in [0.2, 0.25) is 0 Å². The molecule has 1 fully saturated rings. The molecule has 0 saturated carbocycles. The first-order valence-corrected chi connectivity index (χ1v) is 11.8. The number of ether oxygens (including phenoxy) is 1. The first kappa shape index (κ1) is 23.4. The molecule has 0 atom stereocenters. The molecule has 1 saturated heterocycles. The molecular formula is C27H33N5O2. The molecule has 1 aliphatic rings. The van der Waals surface area contributed by atoms with E-state index in [1.165, 1.54) is 5.56 Å². The summed E-state index contributed by atoms with van der Waals surface area (Å²) < 4.78 is 5.35. The van der Waals surface area contributed by atoms with Gasteiger partial charge in [-0.2, -0.15) is 0 Å². The van der Waals surface area contributed by atoms with Gasteiger partial charge in [-0.3, -0.25) is 9.99 Å². The van der Waals surface area contributed by atoms with E-state index in [0.29, 0.717) is 13.1 Å². The second-order valence-electron chi connectivity index (χ2n) is 8.45. The Bertz CT molecular complexity index is 1130. The number of aromatic nitrogens is 1. The average Bonchev–Trinajstić information content (AvgIpc) is 2.88. The van der Waals surface area contributed by atoms with Crippen molar-refractivity contribution in [2.24, 2.45) is 0 Å². The number of rotatable bonds is 6. The van der Waals surface area contributed by atoms with Crippen LogP contribution in [0.4, 0.5) is 21.9 Å². The van der Waals surface area contributed by atoms with Crippen molar-refractivity contribution in [3.8, 4) is 5.75 Å². The van der Waals surface area contributed by atoms with Gasteiger partial charge in [0.25, 0.3) is 0 Å². The molecule has 4 rings (SSSR count). The van der Waals surface area contributed by atoms with Crippen LogP contribution in [-0.4, -0.2) is 49.2 Å². The highest BCUT2D eigenvalue weighted by Gasteiger charge is 2.24. The number of aryl methyl sites for hydroxylation is 3. The van der Waals surface area contributed by atoms with Gasteiger partial charge in [0.05, 0.1) is 24.2 Å². The van der Waals surface area contributed by atoms with Crippen LogP contribution in [0.3, 0.4) is 0 Å². The Morgan fingerprint density at radius 3 is 2.41 bits per heavy atom. The summed E-state index contributed by atoms with van der Waals surface area (Å²) in [5.74, 6) is 0.838. The van der Waals surface area contributed by atoms with E-state index in [4.69, 9.17) is 9.72 Å². The number of methoxy groups -OCH3 is 1. The van der Waals surface area contributed by atoms with Crippen LogP contribution in [0.1, 0.15) is 23.9 Å². The number of carbonyl (C=O) groups excluding carboxylic acids is 1. The number of piperazine rings is 1.